The summed E-state index contributed by atoms with van der Waals surface area (Å²) < 4.78 is 0. The van der Waals surface area contributed by atoms with Crippen molar-refractivity contribution in [1.29, 1.82) is 0 Å². The molecule has 0 aromatic heterocycles. The van der Waals surface area contributed by atoms with Crippen molar-refractivity contribution in [2.75, 3.05) is 6.54 Å². The lowest BCUT2D eigenvalue weighted by Crippen LogP contribution is -2.22. The Hall–Kier alpha value is -0.0400. The van der Waals surface area contributed by atoms with Crippen molar-refractivity contribution in [3.05, 3.63) is 0 Å². The van der Waals surface area contributed by atoms with Gasteiger partial charge >= 0.3 is 0 Å². The van der Waals surface area contributed by atoms with Gasteiger partial charge in [-0.2, -0.15) is 0 Å². The maximum atomic E-state index is 5.78. The topological polar surface area (TPSA) is 26.0 Å². The predicted octanol–water partition coefficient (Wildman–Crippen LogP) is 5.14. The highest BCUT2D eigenvalue weighted by atomic mass is 14.5. The molecule has 0 fully saturated rings. The zero-order chi connectivity index (χ0) is 13.1. The molecule has 0 bridgehead atoms. The Bertz CT molecular complexity index is 167. The first kappa shape index (κ1) is 17.0. The van der Waals surface area contributed by atoms with Crippen molar-refractivity contribution in [3.8, 4) is 0 Å². The van der Waals surface area contributed by atoms with Crippen molar-refractivity contribution in [2.24, 2.45) is 17.1 Å². The van der Waals surface area contributed by atoms with Crippen LogP contribution in [0.4, 0.5) is 0 Å². The highest BCUT2D eigenvalue weighted by Crippen LogP contribution is 2.35. The van der Waals surface area contributed by atoms with Crippen LogP contribution >= 0.6 is 0 Å². The molecule has 2 unspecified atom stereocenters. The Labute approximate surface area is 110 Å². The summed E-state index contributed by atoms with van der Waals surface area (Å²) in [7, 11) is 0. The zero-order valence-electron chi connectivity index (χ0n) is 12.7. The lowest BCUT2D eigenvalue weighted by atomic mass is 9.76. The molecule has 104 valence electrons. The Morgan fingerprint density at radius 3 is 2.24 bits per heavy atom. The van der Waals surface area contributed by atoms with Gasteiger partial charge < -0.3 is 5.73 Å². The molecule has 0 aliphatic heterocycles. The van der Waals surface area contributed by atoms with E-state index in [2.05, 4.69) is 27.7 Å². The first-order valence-corrected chi connectivity index (χ1v) is 7.78. The summed E-state index contributed by atoms with van der Waals surface area (Å²) in [5.41, 5.74) is 6.29. The Kier molecular flexibility index (Phi) is 9.91. The fourth-order valence-corrected chi connectivity index (χ4v) is 2.50. The van der Waals surface area contributed by atoms with Crippen LogP contribution in [-0.2, 0) is 0 Å². The normalized spacial score (nSPS) is 16.8. The predicted molar refractivity (Wildman–Crippen MR) is 79.2 cm³/mol. The molecule has 0 saturated heterocycles. The van der Waals surface area contributed by atoms with E-state index in [9.17, 15) is 0 Å². The second-order valence-electron chi connectivity index (χ2n) is 6.21. The van der Waals surface area contributed by atoms with Crippen molar-refractivity contribution < 1.29 is 0 Å². The van der Waals surface area contributed by atoms with Gasteiger partial charge in [0.25, 0.3) is 0 Å². The van der Waals surface area contributed by atoms with Gasteiger partial charge in [0.05, 0.1) is 0 Å². The number of nitrogens with two attached hydrogens (primary N) is 1. The molecular formula is C16H35N. The molecule has 0 saturated carbocycles. The highest BCUT2D eigenvalue weighted by Gasteiger charge is 2.23. The Morgan fingerprint density at radius 2 is 1.71 bits per heavy atom. The standard InChI is InChI=1S/C16H35N/c1-5-7-8-9-11-16(4,13-14-17)12-10-15(3)6-2/h15H,5-14,17H2,1-4H3. The van der Waals surface area contributed by atoms with E-state index in [-0.39, 0.29) is 0 Å². The molecule has 0 aromatic carbocycles. The van der Waals surface area contributed by atoms with Gasteiger partial charge in [-0.1, -0.05) is 66.2 Å². The largest absolute Gasteiger partial charge is 0.330 e. The summed E-state index contributed by atoms with van der Waals surface area (Å²) in [5, 5.41) is 0. The van der Waals surface area contributed by atoms with Crippen LogP contribution in [0, 0.1) is 11.3 Å². The average Bonchev–Trinajstić information content (AvgIpc) is 2.32. The highest BCUT2D eigenvalue weighted by molar-refractivity contribution is 4.75. The van der Waals surface area contributed by atoms with E-state index in [1.165, 1.54) is 57.8 Å². The molecule has 0 aromatic rings. The van der Waals surface area contributed by atoms with Crippen LogP contribution in [0.3, 0.4) is 0 Å². The molecule has 0 radical (unpaired) electrons. The summed E-state index contributed by atoms with van der Waals surface area (Å²) in [6.45, 7) is 10.3. The van der Waals surface area contributed by atoms with E-state index in [0.29, 0.717) is 5.41 Å². The van der Waals surface area contributed by atoms with E-state index in [4.69, 9.17) is 5.73 Å². The van der Waals surface area contributed by atoms with Gasteiger partial charge in [-0.3, -0.25) is 0 Å². The first-order chi connectivity index (χ1) is 8.08. The molecule has 0 aliphatic rings. The average molecular weight is 241 g/mol. The van der Waals surface area contributed by atoms with Crippen molar-refractivity contribution in [3.63, 3.8) is 0 Å². The van der Waals surface area contributed by atoms with Crippen LogP contribution in [0.15, 0.2) is 0 Å². The number of rotatable bonds is 11. The molecule has 2 N–H and O–H groups in total. The van der Waals surface area contributed by atoms with Crippen LogP contribution in [0.5, 0.6) is 0 Å². The fraction of sp³-hybridized carbons (Fsp3) is 1.00. The van der Waals surface area contributed by atoms with E-state index >= 15 is 0 Å². The minimum absolute atomic E-state index is 0.506. The van der Waals surface area contributed by atoms with E-state index in [1.54, 1.807) is 0 Å². The molecule has 2 atom stereocenters. The minimum atomic E-state index is 0.506. The molecule has 0 heterocycles. The number of unbranched alkanes of at least 4 members (excludes halogenated alkanes) is 3. The van der Waals surface area contributed by atoms with Gasteiger partial charge in [0.15, 0.2) is 0 Å². The van der Waals surface area contributed by atoms with Crippen molar-refractivity contribution in [2.45, 2.75) is 85.5 Å². The lowest BCUT2D eigenvalue weighted by Gasteiger charge is -2.30. The van der Waals surface area contributed by atoms with Crippen LogP contribution < -0.4 is 5.73 Å². The van der Waals surface area contributed by atoms with Crippen LogP contribution in [0.2, 0.25) is 0 Å². The summed E-state index contributed by atoms with van der Waals surface area (Å²) in [6.07, 6.45) is 12.2. The fourth-order valence-electron chi connectivity index (χ4n) is 2.50. The second kappa shape index (κ2) is 9.94. The SMILES string of the molecule is CCCCCCC(C)(CCN)CCC(C)CC. The Balaban J connectivity index is 3.96. The maximum absolute atomic E-state index is 5.78. The second-order valence-corrected chi connectivity index (χ2v) is 6.21. The van der Waals surface area contributed by atoms with E-state index in [1.807, 2.05) is 0 Å². The van der Waals surface area contributed by atoms with Crippen molar-refractivity contribution in [1.82, 2.24) is 0 Å². The summed E-state index contributed by atoms with van der Waals surface area (Å²) in [5.74, 6) is 0.878. The molecule has 0 aliphatic carbocycles. The zero-order valence-corrected chi connectivity index (χ0v) is 12.7. The quantitative estimate of drug-likeness (QED) is 0.498. The lowest BCUT2D eigenvalue weighted by molar-refractivity contribution is 0.223. The van der Waals surface area contributed by atoms with Gasteiger partial charge in [-0.25, -0.2) is 0 Å². The van der Waals surface area contributed by atoms with Gasteiger partial charge in [0.2, 0.25) is 0 Å². The van der Waals surface area contributed by atoms with E-state index in [0.717, 1.165) is 12.5 Å². The van der Waals surface area contributed by atoms with Crippen molar-refractivity contribution >= 4 is 0 Å². The molecule has 0 rings (SSSR count). The number of hydrogen-bond donors (Lipinski definition) is 1. The van der Waals surface area contributed by atoms with Gasteiger partial charge in [0, 0.05) is 0 Å². The third-order valence-corrected chi connectivity index (χ3v) is 4.32. The smallest absolute Gasteiger partial charge is 0.00721 e. The molecule has 0 spiro atoms. The molecule has 17 heavy (non-hydrogen) atoms. The number of hydrogen-bond acceptors (Lipinski definition) is 1. The first-order valence-electron chi connectivity index (χ1n) is 7.78. The van der Waals surface area contributed by atoms with Crippen LogP contribution in [0.1, 0.15) is 85.5 Å². The van der Waals surface area contributed by atoms with Crippen LogP contribution in [0.25, 0.3) is 0 Å². The van der Waals surface area contributed by atoms with Gasteiger partial charge in [0.1, 0.15) is 0 Å². The molecular weight excluding hydrogens is 206 g/mol. The van der Waals surface area contributed by atoms with E-state index < -0.39 is 0 Å². The van der Waals surface area contributed by atoms with Crippen LogP contribution in [-0.4, -0.2) is 6.54 Å². The third-order valence-electron chi connectivity index (χ3n) is 4.32. The minimum Gasteiger partial charge on any atom is -0.330 e. The maximum Gasteiger partial charge on any atom is -0.00721 e. The summed E-state index contributed by atoms with van der Waals surface area (Å²) in [4.78, 5) is 0. The summed E-state index contributed by atoms with van der Waals surface area (Å²) >= 11 is 0. The van der Waals surface area contributed by atoms with Gasteiger partial charge in [-0.15, -0.1) is 0 Å². The van der Waals surface area contributed by atoms with Gasteiger partial charge in [-0.05, 0) is 37.1 Å². The molecule has 1 nitrogen and oxygen atoms in total. The monoisotopic (exact) mass is 241 g/mol. The Morgan fingerprint density at radius 1 is 1.00 bits per heavy atom. The molecule has 1 heteroatoms. The summed E-state index contributed by atoms with van der Waals surface area (Å²) in [6, 6.07) is 0. The third kappa shape index (κ3) is 8.65. The molecule has 0 amide bonds.